The normalized spacial score (nSPS) is 14.9. The van der Waals surface area contributed by atoms with Gasteiger partial charge in [0.05, 0.1) is 11.5 Å². The molecule has 1 heterocycles. The van der Waals surface area contributed by atoms with Gasteiger partial charge in [0.1, 0.15) is 4.32 Å². The number of rotatable bonds is 11. The molecule has 2 amide bonds. The SMILES string of the molecule is O=C(CCCCCN1C(=O)/C(=C/c2ccccc2)SC1=S)N(CCO)Cc1ccccc1. The molecule has 1 saturated heterocycles. The second kappa shape index (κ2) is 12.5. The summed E-state index contributed by atoms with van der Waals surface area (Å²) in [6.07, 6.45) is 4.67. The second-order valence-corrected chi connectivity index (χ2v) is 9.25. The van der Waals surface area contributed by atoms with E-state index >= 15 is 0 Å². The first-order valence-corrected chi connectivity index (χ1v) is 12.0. The van der Waals surface area contributed by atoms with Gasteiger partial charge in [0.15, 0.2) is 0 Å². The lowest BCUT2D eigenvalue weighted by Crippen LogP contribution is -2.33. The molecule has 7 heteroatoms. The zero-order valence-corrected chi connectivity index (χ0v) is 19.6. The molecule has 1 aliphatic rings. The highest BCUT2D eigenvalue weighted by molar-refractivity contribution is 8.26. The summed E-state index contributed by atoms with van der Waals surface area (Å²) in [5.41, 5.74) is 2.03. The van der Waals surface area contributed by atoms with Crippen LogP contribution in [-0.4, -0.2) is 50.7 Å². The largest absolute Gasteiger partial charge is 0.395 e. The molecular weight excluding hydrogens is 440 g/mol. The van der Waals surface area contributed by atoms with Crippen LogP contribution >= 0.6 is 24.0 Å². The van der Waals surface area contributed by atoms with Crippen molar-refractivity contribution in [1.82, 2.24) is 9.80 Å². The van der Waals surface area contributed by atoms with Gasteiger partial charge in [-0.3, -0.25) is 14.5 Å². The fraction of sp³-hybridized carbons (Fsp3) is 0.320. The molecule has 0 radical (unpaired) electrons. The molecule has 1 aliphatic heterocycles. The lowest BCUT2D eigenvalue weighted by atomic mass is 10.1. The molecule has 3 rings (SSSR count). The molecule has 0 aromatic heterocycles. The number of aliphatic hydroxyl groups excluding tert-OH is 1. The van der Waals surface area contributed by atoms with Crippen LogP contribution in [-0.2, 0) is 16.1 Å². The molecular formula is C25H28N2O3S2. The van der Waals surface area contributed by atoms with Gasteiger partial charge in [-0.25, -0.2) is 0 Å². The minimum absolute atomic E-state index is 0.0410. The molecule has 2 aromatic carbocycles. The summed E-state index contributed by atoms with van der Waals surface area (Å²) in [7, 11) is 0. The highest BCUT2D eigenvalue weighted by Gasteiger charge is 2.31. The summed E-state index contributed by atoms with van der Waals surface area (Å²) < 4.78 is 0.588. The molecule has 1 fully saturated rings. The average molecular weight is 469 g/mol. The van der Waals surface area contributed by atoms with Crippen LogP contribution in [0, 0.1) is 0 Å². The number of aliphatic hydroxyl groups is 1. The van der Waals surface area contributed by atoms with E-state index in [9.17, 15) is 14.7 Å². The quantitative estimate of drug-likeness (QED) is 0.300. The van der Waals surface area contributed by atoms with E-state index in [1.165, 1.54) is 11.8 Å². The topological polar surface area (TPSA) is 60.9 Å². The first kappa shape index (κ1) is 24.2. The maximum atomic E-state index is 12.7. The third kappa shape index (κ3) is 7.02. The number of hydrogen-bond acceptors (Lipinski definition) is 5. The van der Waals surface area contributed by atoms with E-state index in [-0.39, 0.29) is 18.4 Å². The highest BCUT2D eigenvalue weighted by atomic mass is 32.2. The molecule has 0 bridgehead atoms. The summed E-state index contributed by atoms with van der Waals surface area (Å²) in [5, 5.41) is 9.31. The number of thiocarbonyl (C=S) groups is 1. The van der Waals surface area contributed by atoms with E-state index in [1.807, 2.05) is 66.7 Å². The predicted octanol–water partition coefficient (Wildman–Crippen LogP) is 4.47. The molecule has 1 N–H and O–H groups in total. The summed E-state index contributed by atoms with van der Waals surface area (Å²) in [5.74, 6) is -0.00350. The Hall–Kier alpha value is -2.48. The molecule has 0 saturated carbocycles. The predicted molar refractivity (Wildman–Crippen MR) is 134 cm³/mol. The lowest BCUT2D eigenvalue weighted by Gasteiger charge is -2.22. The fourth-order valence-corrected chi connectivity index (χ4v) is 4.80. The molecule has 168 valence electrons. The third-order valence-corrected chi connectivity index (χ3v) is 6.56. The van der Waals surface area contributed by atoms with Gasteiger partial charge in [0, 0.05) is 26.1 Å². The zero-order chi connectivity index (χ0) is 22.8. The summed E-state index contributed by atoms with van der Waals surface area (Å²) in [6, 6.07) is 19.5. The van der Waals surface area contributed by atoms with Crippen molar-refractivity contribution in [3.05, 3.63) is 76.7 Å². The lowest BCUT2D eigenvalue weighted by molar-refractivity contribution is -0.132. The van der Waals surface area contributed by atoms with Crippen LogP contribution in [0.3, 0.4) is 0 Å². The van der Waals surface area contributed by atoms with Crippen LogP contribution < -0.4 is 0 Å². The Morgan fingerprint density at radius 1 is 1.03 bits per heavy atom. The van der Waals surface area contributed by atoms with E-state index in [4.69, 9.17) is 12.2 Å². The minimum Gasteiger partial charge on any atom is -0.395 e. The molecule has 5 nitrogen and oxygen atoms in total. The first-order valence-electron chi connectivity index (χ1n) is 10.8. The van der Waals surface area contributed by atoms with Crippen LogP contribution in [0.4, 0.5) is 0 Å². The number of hydrogen-bond donors (Lipinski definition) is 1. The van der Waals surface area contributed by atoms with Gasteiger partial charge in [0.2, 0.25) is 5.91 Å². The molecule has 2 aromatic rings. The van der Waals surface area contributed by atoms with Crippen molar-refractivity contribution >= 4 is 46.2 Å². The van der Waals surface area contributed by atoms with E-state index < -0.39 is 0 Å². The minimum atomic E-state index is -0.0520. The molecule has 0 aliphatic carbocycles. The summed E-state index contributed by atoms with van der Waals surface area (Å²) in [4.78, 5) is 29.3. The van der Waals surface area contributed by atoms with Crippen molar-refractivity contribution in [3.8, 4) is 0 Å². The van der Waals surface area contributed by atoms with E-state index in [2.05, 4.69) is 0 Å². The highest BCUT2D eigenvalue weighted by Crippen LogP contribution is 2.32. The molecule has 0 atom stereocenters. The van der Waals surface area contributed by atoms with E-state index in [0.29, 0.717) is 35.3 Å². The second-order valence-electron chi connectivity index (χ2n) is 7.58. The Morgan fingerprint density at radius 2 is 1.72 bits per heavy atom. The van der Waals surface area contributed by atoms with E-state index in [1.54, 1.807) is 9.80 Å². The van der Waals surface area contributed by atoms with Gasteiger partial charge in [-0.2, -0.15) is 0 Å². The van der Waals surface area contributed by atoms with Gasteiger partial charge in [-0.15, -0.1) is 0 Å². The van der Waals surface area contributed by atoms with Crippen LogP contribution in [0.25, 0.3) is 6.08 Å². The molecule has 0 unspecified atom stereocenters. The Labute approximate surface area is 199 Å². The number of nitrogens with zero attached hydrogens (tertiary/aromatic N) is 2. The number of carbonyl (C=O) groups excluding carboxylic acids is 2. The van der Waals surface area contributed by atoms with Crippen molar-refractivity contribution in [1.29, 1.82) is 0 Å². The third-order valence-electron chi connectivity index (χ3n) is 5.18. The standard InChI is InChI=1S/C25H28N2O3S2/c28-17-16-26(19-21-12-6-2-7-13-21)23(29)14-8-3-9-15-27-24(30)22(32-25(27)31)18-20-10-4-1-5-11-20/h1-2,4-7,10-13,18,28H,3,8-9,14-17,19H2/b22-18-. The smallest absolute Gasteiger partial charge is 0.266 e. The monoisotopic (exact) mass is 468 g/mol. The van der Waals surface area contributed by atoms with Gasteiger partial charge in [0.25, 0.3) is 5.91 Å². The van der Waals surface area contributed by atoms with Crippen LogP contribution in [0.1, 0.15) is 36.8 Å². The Morgan fingerprint density at radius 3 is 2.41 bits per heavy atom. The number of unbranched alkanes of at least 4 members (excludes halogenated alkanes) is 2. The first-order chi connectivity index (χ1) is 15.6. The van der Waals surface area contributed by atoms with Gasteiger partial charge >= 0.3 is 0 Å². The fourth-order valence-electron chi connectivity index (χ4n) is 3.49. The van der Waals surface area contributed by atoms with Gasteiger partial charge in [-0.1, -0.05) is 91.1 Å². The number of thioether (sulfide) groups is 1. The number of amides is 2. The Bertz CT molecular complexity index is 948. The van der Waals surface area contributed by atoms with Gasteiger partial charge in [-0.05, 0) is 30.0 Å². The Kier molecular flexibility index (Phi) is 9.46. The maximum Gasteiger partial charge on any atom is 0.266 e. The van der Waals surface area contributed by atoms with Gasteiger partial charge < -0.3 is 10.0 Å². The van der Waals surface area contributed by atoms with Crippen LogP contribution in [0.2, 0.25) is 0 Å². The van der Waals surface area contributed by atoms with Crippen molar-refractivity contribution < 1.29 is 14.7 Å². The van der Waals surface area contributed by atoms with E-state index in [0.717, 1.165) is 30.4 Å². The molecule has 0 spiro atoms. The van der Waals surface area contributed by atoms with Crippen LogP contribution in [0.15, 0.2) is 65.6 Å². The average Bonchev–Trinajstić information content (AvgIpc) is 3.07. The Balaban J connectivity index is 1.42. The number of benzene rings is 2. The van der Waals surface area contributed by atoms with Crippen molar-refractivity contribution in [3.63, 3.8) is 0 Å². The van der Waals surface area contributed by atoms with Crippen molar-refractivity contribution in [2.24, 2.45) is 0 Å². The molecule has 32 heavy (non-hydrogen) atoms. The van der Waals surface area contributed by atoms with Crippen molar-refractivity contribution in [2.75, 3.05) is 19.7 Å². The van der Waals surface area contributed by atoms with Crippen LogP contribution in [0.5, 0.6) is 0 Å². The van der Waals surface area contributed by atoms with Crippen molar-refractivity contribution in [2.45, 2.75) is 32.2 Å². The maximum absolute atomic E-state index is 12.7. The number of carbonyl (C=O) groups is 2. The summed E-state index contributed by atoms with van der Waals surface area (Å²) in [6.45, 7) is 1.35. The zero-order valence-electron chi connectivity index (χ0n) is 18.0. The summed E-state index contributed by atoms with van der Waals surface area (Å²) >= 11 is 6.74.